The lowest BCUT2D eigenvalue weighted by Gasteiger charge is -2.28. The Kier molecular flexibility index (Phi) is 5.91. The highest BCUT2D eigenvalue weighted by molar-refractivity contribution is 5.77. The third-order valence-electron chi connectivity index (χ3n) is 3.29. The van der Waals surface area contributed by atoms with E-state index in [4.69, 9.17) is 5.26 Å². The van der Waals surface area contributed by atoms with Gasteiger partial charge in [-0.25, -0.2) is 0 Å². The number of nitro benzene ring substituents is 2. The van der Waals surface area contributed by atoms with Gasteiger partial charge in [0, 0.05) is 18.7 Å². The van der Waals surface area contributed by atoms with E-state index < -0.39 is 44.7 Å². The molecule has 1 unspecified atom stereocenters. The van der Waals surface area contributed by atoms with Crippen LogP contribution in [0, 0.1) is 37.5 Å². The molecular formula is C14H15F3N4O4. The van der Waals surface area contributed by atoms with Crippen LogP contribution in [0.4, 0.5) is 30.2 Å². The summed E-state index contributed by atoms with van der Waals surface area (Å²) in [5, 5.41) is 31.7. The van der Waals surface area contributed by atoms with Crippen molar-refractivity contribution >= 4 is 17.1 Å². The van der Waals surface area contributed by atoms with E-state index in [-0.39, 0.29) is 24.6 Å². The van der Waals surface area contributed by atoms with Crippen LogP contribution in [0.25, 0.3) is 0 Å². The molecule has 0 heterocycles. The molecule has 0 aromatic heterocycles. The van der Waals surface area contributed by atoms with Crippen molar-refractivity contribution in [3.05, 3.63) is 37.9 Å². The van der Waals surface area contributed by atoms with Crippen LogP contribution in [0.1, 0.15) is 26.3 Å². The lowest BCUT2D eigenvalue weighted by atomic mass is 10.1. The summed E-state index contributed by atoms with van der Waals surface area (Å²) < 4.78 is 38.8. The molecule has 0 N–H and O–H groups in total. The highest BCUT2D eigenvalue weighted by Crippen LogP contribution is 2.43. The Bertz CT molecular complexity index is 693. The zero-order valence-electron chi connectivity index (χ0n) is 13.6. The van der Waals surface area contributed by atoms with Crippen molar-refractivity contribution in [1.29, 1.82) is 5.26 Å². The number of nitrogens with zero attached hydrogens (tertiary/aromatic N) is 4. The normalized spacial score (nSPS) is 12.6. The summed E-state index contributed by atoms with van der Waals surface area (Å²) >= 11 is 0. The smallest absolute Gasteiger partial charge is 0.344 e. The quantitative estimate of drug-likeness (QED) is 0.561. The Hall–Kier alpha value is -2.90. The number of nitriles is 1. The number of hydrogen-bond acceptors (Lipinski definition) is 6. The highest BCUT2D eigenvalue weighted by atomic mass is 19.4. The fraction of sp³-hybridized carbons (Fsp3) is 0.500. The molecule has 0 aliphatic carbocycles. The van der Waals surface area contributed by atoms with Gasteiger partial charge in [0.2, 0.25) is 0 Å². The van der Waals surface area contributed by atoms with Crippen LogP contribution >= 0.6 is 0 Å². The first-order valence-electron chi connectivity index (χ1n) is 7.10. The molecule has 8 nitrogen and oxygen atoms in total. The fourth-order valence-electron chi connectivity index (χ4n) is 2.25. The van der Waals surface area contributed by atoms with Gasteiger partial charge in [-0.3, -0.25) is 20.2 Å². The van der Waals surface area contributed by atoms with Gasteiger partial charge >= 0.3 is 6.18 Å². The summed E-state index contributed by atoms with van der Waals surface area (Å²) in [5.41, 5.74) is -4.23. The number of nitro groups is 2. The summed E-state index contributed by atoms with van der Waals surface area (Å²) in [6.45, 7) is 4.78. The molecule has 136 valence electrons. The lowest BCUT2D eigenvalue weighted by Crippen LogP contribution is -2.36. The largest absolute Gasteiger partial charge is 0.416 e. The van der Waals surface area contributed by atoms with Crippen LogP contribution in [0.15, 0.2) is 12.1 Å². The van der Waals surface area contributed by atoms with Gasteiger partial charge in [0.05, 0.1) is 21.5 Å². The SMILES string of the molecule is CC(C)CN(c1c([N+](=O)[O-])cc(C(F)(F)F)cc1[N+](=O)[O-])C(C)C#N. The fourth-order valence-corrected chi connectivity index (χ4v) is 2.25. The average molecular weight is 360 g/mol. The number of halogens is 3. The van der Waals surface area contributed by atoms with Gasteiger partial charge < -0.3 is 4.90 Å². The maximum atomic E-state index is 12.9. The van der Waals surface area contributed by atoms with Gasteiger partial charge in [-0.15, -0.1) is 0 Å². The van der Waals surface area contributed by atoms with Crippen molar-refractivity contribution in [1.82, 2.24) is 0 Å². The van der Waals surface area contributed by atoms with E-state index >= 15 is 0 Å². The molecule has 0 aliphatic rings. The molecule has 0 saturated heterocycles. The zero-order chi connectivity index (χ0) is 19.5. The van der Waals surface area contributed by atoms with Gasteiger partial charge in [0.15, 0.2) is 5.69 Å². The van der Waals surface area contributed by atoms with Gasteiger partial charge in [-0.05, 0) is 12.8 Å². The third-order valence-corrected chi connectivity index (χ3v) is 3.29. The molecule has 1 atom stereocenters. The Morgan fingerprint density at radius 1 is 1.16 bits per heavy atom. The first-order chi connectivity index (χ1) is 11.4. The van der Waals surface area contributed by atoms with Crippen LogP contribution < -0.4 is 4.90 Å². The molecule has 0 bridgehead atoms. The van der Waals surface area contributed by atoms with E-state index in [1.54, 1.807) is 19.9 Å². The monoisotopic (exact) mass is 360 g/mol. The molecule has 0 amide bonds. The highest BCUT2D eigenvalue weighted by Gasteiger charge is 2.40. The Morgan fingerprint density at radius 3 is 1.88 bits per heavy atom. The van der Waals surface area contributed by atoms with Crippen molar-refractivity contribution in [2.45, 2.75) is 33.0 Å². The number of benzene rings is 1. The van der Waals surface area contributed by atoms with Crippen molar-refractivity contribution in [3.8, 4) is 6.07 Å². The molecule has 0 saturated carbocycles. The number of alkyl halides is 3. The molecule has 11 heteroatoms. The van der Waals surface area contributed by atoms with Crippen LogP contribution in [-0.4, -0.2) is 22.4 Å². The average Bonchev–Trinajstić information content (AvgIpc) is 2.49. The molecule has 0 spiro atoms. The Labute approximate surface area is 140 Å². The summed E-state index contributed by atoms with van der Waals surface area (Å²) in [4.78, 5) is 21.4. The Balaban J connectivity index is 3.84. The van der Waals surface area contributed by atoms with Gasteiger partial charge in [0.25, 0.3) is 11.4 Å². The predicted octanol–water partition coefficient (Wildman–Crippen LogP) is 3.90. The second-order valence-electron chi connectivity index (χ2n) is 5.73. The molecule has 0 fully saturated rings. The third kappa shape index (κ3) is 4.56. The molecule has 0 radical (unpaired) electrons. The van der Waals surface area contributed by atoms with E-state index in [2.05, 4.69) is 0 Å². The second kappa shape index (κ2) is 7.33. The van der Waals surface area contributed by atoms with Gasteiger partial charge in [-0.2, -0.15) is 18.4 Å². The van der Waals surface area contributed by atoms with E-state index in [1.165, 1.54) is 6.92 Å². The van der Waals surface area contributed by atoms with E-state index in [0.29, 0.717) is 0 Å². The van der Waals surface area contributed by atoms with Crippen molar-refractivity contribution in [2.75, 3.05) is 11.4 Å². The molecule has 1 rings (SSSR count). The molecule has 1 aromatic rings. The lowest BCUT2D eigenvalue weighted by molar-refractivity contribution is -0.393. The topological polar surface area (TPSA) is 113 Å². The van der Waals surface area contributed by atoms with E-state index in [0.717, 1.165) is 4.90 Å². The van der Waals surface area contributed by atoms with Crippen LogP contribution in [0.2, 0.25) is 0 Å². The summed E-state index contributed by atoms with van der Waals surface area (Å²) in [6, 6.07) is 1.29. The maximum absolute atomic E-state index is 12.9. The number of rotatable bonds is 6. The molecule has 1 aromatic carbocycles. The van der Waals surface area contributed by atoms with Gasteiger partial charge in [0.1, 0.15) is 6.04 Å². The van der Waals surface area contributed by atoms with Crippen molar-refractivity contribution in [2.24, 2.45) is 5.92 Å². The molecular weight excluding hydrogens is 345 g/mol. The maximum Gasteiger partial charge on any atom is 0.416 e. The van der Waals surface area contributed by atoms with Crippen molar-refractivity contribution < 1.29 is 23.0 Å². The summed E-state index contributed by atoms with van der Waals surface area (Å²) in [6.07, 6.45) is -4.99. The predicted molar refractivity (Wildman–Crippen MR) is 82.0 cm³/mol. The minimum atomic E-state index is -4.99. The number of anilines is 1. The van der Waals surface area contributed by atoms with Gasteiger partial charge in [-0.1, -0.05) is 13.8 Å². The molecule has 0 aliphatic heterocycles. The number of hydrogen-bond donors (Lipinski definition) is 0. The van der Waals surface area contributed by atoms with Crippen LogP contribution in [0.5, 0.6) is 0 Å². The van der Waals surface area contributed by atoms with E-state index in [9.17, 15) is 33.4 Å². The van der Waals surface area contributed by atoms with Crippen LogP contribution in [0.3, 0.4) is 0 Å². The zero-order valence-corrected chi connectivity index (χ0v) is 13.6. The molecule has 25 heavy (non-hydrogen) atoms. The van der Waals surface area contributed by atoms with Crippen molar-refractivity contribution in [3.63, 3.8) is 0 Å². The minimum absolute atomic E-state index is 0.0156. The first-order valence-corrected chi connectivity index (χ1v) is 7.10. The Morgan fingerprint density at radius 2 is 1.60 bits per heavy atom. The first kappa shape index (κ1) is 20.1. The summed E-state index contributed by atoms with van der Waals surface area (Å²) in [5.74, 6) is -0.155. The minimum Gasteiger partial charge on any atom is -0.344 e. The standard InChI is InChI=1S/C14H15F3N4O4/c1-8(2)7-19(9(3)6-18)13-11(20(22)23)4-10(14(15,16)17)5-12(13)21(24)25/h4-5,8-9H,7H2,1-3H3. The van der Waals surface area contributed by atoms with E-state index in [1.807, 2.05) is 0 Å². The van der Waals surface area contributed by atoms with Crippen LogP contribution in [-0.2, 0) is 6.18 Å². The second-order valence-corrected chi connectivity index (χ2v) is 5.73. The summed E-state index contributed by atoms with van der Waals surface area (Å²) in [7, 11) is 0.